The van der Waals surface area contributed by atoms with E-state index in [9.17, 15) is 39.3 Å². The van der Waals surface area contributed by atoms with Crippen molar-refractivity contribution in [2.45, 2.75) is 153 Å². The summed E-state index contributed by atoms with van der Waals surface area (Å²) in [6, 6.07) is 11.0. The lowest BCUT2D eigenvalue weighted by Crippen LogP contribution is -2.55. The first-order valence-electron chi connectivity index (χ1n) is 18.0. The standard InChI is InChI=1S/C19H26N2O5.C13H23NO3.C6H4FNO2/c1-18(2,3)26-17(22)20-14-5-6-15(20)12-19(4,11-14)25-16-9-7-13(8-10-16)21(23)24;1-12(2,3)17-11(15)14-9-5-6-10(14)8-13(4,16)7-9;7-5-1-3-6(4-2-5)8(9)10/h7-10,14-15H,5-6,11-12H2,1-4H3;9-10,16H,5-8H2,1-4H3;1-4H. The van der Waals surface area contributed by atoms with Crippen LogP contribution in [0.4, 0.5) is 25.4 Å². The summed E-state index contributed by atoms with van der Waals surface area (Å²) in [4.78, 5) is 48.2. The number of fused-ring (bicyclic) bond motifs is 4. The Morgan fingerprint density at radius 1 is 0.698 bits per heavy atom. The number of ether oxygens (including phenoxy) is 3. The van der Waals surface area contributed by atoms with Gasteiger partial charge < -0.3 is 29.1 Å². The van der Waals surface area contributed by atoms with Crippen LogP contribution < -0.4 is 4.74 Å². The van der Waals surface area contributed by atoms with Crippen molar-refractivity contribution in [3.8, 4) is 5.75 Å². The summed E-state index contributed by atoms with van der Waals surface area (Å²) in [6.45, 7) is 15.2. The second-order valence-corrected chi connectivity index (χ2v) is 16.9. The van der Waals surface area contributed by atoms with Crippen LogP contribution >= 0.6 is 0 Å². The van der Waals surface area contributed by atoms with Gasteiger partial charge in [-0.3, -0.25) is 20.2 Å². The highest BCUT2D eigenvalue weighted by molar-refractivity contribution is 5.70. The van der Waals surface area contributed by atoms with Crippen molar-refractivity contribution < 1.29 is 43.1 Å². The van der Waals surface area contributed by atoms with Gasteiger partial charge in [0.2, 0.25) is 0 Å². The molecule has 53 heavy (non-hydrogen) atoms. The quantitative estimate of drug-likeness (QED) is 0.237. The van der Waals surface area contributed by atoms with Gasteiger partial charge in [0.25, 0.3) is 11.4 Å². The molecule has 15 heteroatoms. The van der Waals surface area contributed by atoms with Gasteiger partial charge in [0, 0.05) is 61.3 Å². The third-order valence-electron chi connectivity index (χ3n) is 9.58. The fourth-order valence-electron chi connectivity index (χ4n) is 7.69. The molecule has 4 fully saturated rings. The van der Waals surface area contributed by atoms with Gasteiger partial charge in [-0.1, -0.05) is 0 Å². The highest BCUT2D eigenvalue weighted by atomic mass is 19.1. The number of rotatable bonds is 4. The van der Waals surface area contributed by atoms with Crippen LogP contribution in [0.15, 0.2) is 48.5 Å². The third-order valence-corrected chi connectivity index (χ3v) is 9.58. The Balaban J connectivity index is 0.000000198. The van der Waals surface area contributed by atoms with Gasteiger partial charge in [-0.25, -0.2) is 14.0 Å². The fraction of sp³-hybridized carbons (Fsp3) is 0.632. The number of non-ortho nitro benzene ring substituents is 2. The largest absolute Gasteiger partial charge is 0.487 e. The number of carbonyl (C=O) groups is 2. The number of piperidine rings is 2. The predicted molar refractivity (Wildman–Crippen MR) is 194 cm³/mol. The number of halogens is 1. The molecule has 4 aliphatic rings. The SMILES string of the molecule is CC(C)(C)OC(=O)N1C2CCC1CC(C)(Oc1ccc([N+](=O)[O-])cc1)C2.CC1(O)CC2CCC(C1)N2C(=O)OC(C)(C)C.O=[N+]([O-])c1ccc(F)cc1. The number of hydrogen-bond donors (Lipinski definition) is 1. The van der Waals surface area contributed by atoms with Crippen molar-refractivity contribution >= 4 is 23.6 Å². The molecule has 292 valence electrons. The summed E-state index contributed by atoms with van der Waals surface area (Å²) >= 11 is 0. The summed E-state index contributed by atoms with van der Waals surface area (Å²) in [7, 11) is 0. The lowest BCUT2D eigenvalue weighted by molar-refractivity contribution is -0.385. The van der Waals surface area contributed by atoms with Crippen LogP contribution in [0.25, 0.3) is 0 Å². The predicted octanol–water partition coefficient (Wildman–Crippen LogP) is 8.33. The van der Waals surface area contributed by atoms with E-state index >= 15 is 0 Å². The van der Waals surface area contributed by atoms with Gasteiger partial charge in [0.1, 0.15) is 28.4 Å². The van der Waals surface area contributed by atoms with Gasteiger partial charge in [0.05, 0.1) is 15.4 Å². The van der Waals surface area contributed by atoms with E-state index in [-0.39, 0.29) is 47.7 Å². The number of benzene rings is 2. The molecule has 4 unspecified atom stereocenters. The minimum atomic E-state index is -0.621. The van der Waals surface area contributed by atoms with E-state index in [0.717, 1.165) is 62.8 Å². The van der Waals surface area contributed by atoms with Crippen molar-refractivity contribution in [3.05, 3.63) is 74.6 Å². The summed E-state index contributed by atoms with van der Waals surface area (Å²) in [5.74, 6) is 0.147. The van der Waals surface area contributed by atoms with Crippen LogP contribution in [0.2, 0.25) is 0 Å². The monoisotopic (exact) mass is 744 g/mol. The number of amides is 2. The molecule has 0 spiro atoms. The Kier molecular flexibility index (Phi) is 12.3. The zero-order valence-corrected chi connectivity index (χ0v) is 31.9. The first-order chi connectivity index (χ1) is 24.4. The minimum Gasteiger partial charge on any atom is -0.487 e. The Morgan fingerprint density at radius 3 is 1.38 bits per heavy atom. The molecule has 4 heterocycles. The molecule has 0 aromatic heterocycles. The molecular formula is C38H53FN4O10. The van der Waals surface area contributed by atoms with Crippen molar-refractivity contribution in [1.82, 2.24) is 9.80 Å². The van der Waals surface area contributed by atoms with Crippen LogP contribution in [-0.4, -0.2) is 83.5 Å². The van der Waals surface area contributed by atoms with Crippen molar-refractivity contribution in [3.63, 3.8) is 0 Å². The lowest BCUT2D eigenvalue weighted by atomic mass is 9.87. The van der Waals surface area contributed by atoms with Gasteiger partial charge in [-0.2, -0.15) is 0 Å². The van der Waals surface area contributed by atoms with Gasteiger partial charge in [-0.15, -0.1) is 0 Å². The molecule has 1 N–H and O–H groups in total. The first kappa shape index (κ1) is 41.2. The van der Waals surface area contributed by atoms with Crippen LogP contribution in [0.1, 0.15) is 107 Å². The van der Waals surface area contributed by atoms with E-state index in [1.54, 1.807) is 12.1 Å². The van der Waals surface area contributed by atoms with E-state index in [1.165, 1.54) is 12.1 Å². The molecule has 6 rings (SSSR count). The average molecular weight is 745 g/mol. The van der Waals surface area contributed by atoms with Crippen LogP contribution in [-0.2, 0) is 9.47 Å². The summed E-state index contributed by atoms with van der Waals surface area (Å²) in [5.41, 5.74) is -2.03. The highest BCUT2D eigenvalue weighted by Crippen LogP contribution is 2.44. The molecule has 0 radical (unpaired) electrons. The summed E-state index contributed by atoms with van der Waals surface area (Å²) in [5, 5.41) is 30.9. The zero-order valence-electron chi connectivity index (χ0n) is 31.9. The Labute approximate surface area is 309 Å². The molecule has 0 aliphatic carbocycles. The molecule has 4 aliphatic heterocycles. The smallest absolute Gasteiger partial charge is 0.410 e. The normalized spacial score (nSPS) is 27.4. The second-order valence-electron chi connectivity index (χ2n) is 16.9. The third kappa shape index (κ3) is 11.5. The molecule has 2 aromatic carbocycles. The maximum atomic E-state index is 12.5. The minimum absolute atomic E-state index is 0.0438. The number of nitrogens with zero attached hydrogens (tertiary/aromatic N) is 4. The molecular weight excluding hydrogens is 691 g/mol. The van der Waals surface area contributed by atoms with E-state index in [4.69, 9.17) is 14.2 Å². The second kappa shape index (κ2) is 15.8. The number of carbonyl (C=O) groups excluding carboxylic acids is 2. The zero-order chi connectivity index (χ0) is 39.5. The van der Waals surface area contributed by atoms with E-state index in [1.807, 2.05) is 65.2 Å². The van der Waals surface area contributed by atoms with Crippen molar-refractivity contribution in [1.29, 1.82) is 0 Å². The summed E-state index contributed by atoms with van der Waals surface area (Å²) < 4.78 is 29.3. The van der Waals surface area contributed by atoms with Gasteiger partial charge >= 0.3 is 12.2 Å². The van der Waals surface area contributed by atoms with E-state index in [2.05, 4.69) is 0 Å². The first-order valence-corrected chi connectivity index (χ1v) is 18.0. The number of nitro groups is 2. The number of aliphatic hydroxyl groups is 1. The van der Waals surface area contributed by atoms with Crippen molar-refractivity contribution in [2.75, 3.05) is 0 Å². The van der Waals surface area contributed by atoms with E-state index < -0.39 is 38.1 Å². The molecule has 4 bridgehead atoms. The van der Waals surface area contributed by atoms with Gasteiger partial charge in [-0.05, 0) is 118 Å². The molecule has 14 nitrogen and oxygen atoms in total. The molecule has 4 saturated heterocycles. The Morgan fingerprint density at radius 2 is 1.04 bits per heavy atom. The summed E-state index contributed by atoms with van der Waals surface area (Å²) in [6.07, 6.45) is 6.18. The van der Waals surface area contributed by atoms with Crippen molar-refractivity contribution in [2.24, 2.45) is 0 Å². The lowest BCUT2D eigenvalue weighted by Gasteiger charge is -2.44. The average Bonchev–Trinajstić information content (AvgIpc) is 3.47. The van der Waals surface area contributed by atoms with Gasteiger partial charge in [0.15, 0.2) is 0 Å². The Bertz CT molecular complexity index is 1590. The molecule has 2 aromatic rings. The topological polar surface area (TPSA) is 175 Å². The van der Waals surface area contributed by atoms with Crippen LogP contribution in [0.5, 0.6) is 5.75 Å². The number of hydrogen-bond acceptors (Lipinski definition) is 10. The maximum Gasteiger partial charge on any atom is 0.410 e. The molecule has 4 atom stereocenters. The van der Waals surface area contributed by atoms with Crippen LogP contribution in [0, 0.1) is 26.0 Å². The Hall–Kier alpha value is -4.53. The molecule has 0 saturated carbocycles. The number of nitro benzene ring substituents is 2. The van der Waals surface area contributed by atoms with Crippen LogP contribution in [0.3, 0.4) is 0 Å². The fourth-order valence-corrected chi connectivity index (χ4v) is 7.69. The van der Waals surface area contributed by atoms with E-state index in [0.29, 0.717) is 18.6 Å². The molecule has 2 amide bonds. The maximum absolute atomic E-state index is 12.5. The highest BCUT2D eigenvalue weighted by Gasteiger charge is 2.51.